The second kappa shape index (κ2) is 9.70. The molecule has 1 aromatic heterocycles. The molecule has 1 unspecified atom stereocenters. The number of nitrogens with one attached hydrogen (secondary N) is 1. The third-order valence-corrected chi connectivity index (χ3v) is 6.87. The third kappa shape index (κ3) is 4.62. The fourth-order valence-electron chi connectivity index (χ4n) is 4.96. The summed E-state index contributed by atoms with van der Waals surface area (Å²) < 4.78 is 31.5. The zero-order valence-electron chi connectivity index (χ0n) is 19.8. The number of ether oxygens (including phenoxy) is 2. The van der Waals surface area contributed by atoms with Crippen molar-refractivity contribution in [3.8, 4) is 5.75 Å². The van der Waals surface area contributed by atoms with Crippen molar-refractivity contribution in [1.29, 1.82) is 0 Å². The molecule has 2 aromatic carbocycles. The molecule has 0 radical (unpaired) electrons. The first-order chi connectivity index (χ1) is 17.0. The predicted molar refractivity (Wildman–Crippen MR) is 128 cm³/mol. The van der Waals surface area contributed by atoms with E-state index in [2.05, 4.69) is 11.4 Å². The Hall–Kier alpha value is -3.39. The number of furan rings is 1. The summed E-state index contributed by atoms with van der Waals surface area (Å²) in [6, 6.07) is 12.2. The first-order valence-electron chi connectivity index (χ1n) is 12.1. The van der Waals surface area contributed by atoms with Crippen LogP contribution in [0, 0.1) is 12.7 Å². The van der Waals surface area contributed by atoms with Crippen molar-refractivity contribution in [1.82, 2.24) is 10.2 Å². The Kier molecular flexibility index (Phi) is 6.47. The Morgan fingerprint density at radius 2 is 2.00 bits per heavy atom. The molecule has 1 N–H and O–H groups in total. The lowest BCUT2D eigenvalue weighted by atomic mass is 9.91. The minimum absolute atomic E-state index is 0.125. The Balaban J connectivity index is 1.36. The van der Waals surface area contributed by atoms with E-state index in [9.17, 15) is 14.0 Å². The topological polar surface area (TPSA) is 81.0 Å². The molecule has 5 rings (SSSR count). The summed E-state index contributed by atoms with van der Waals surface area (Å²) in [5.41, 5.74) is 1.05. The quantitative estimate of drug-likeness (QED) is 0.569. The van der Waals surface area contributed by atoms with Crippen LogP contribution in [0.4, 0.5) is 4.39 Å². The minimum Gasteiger partial charge on any atom is -0.491 e. The molecule has 3 aromatic rings. The van der Waals surface area contributed by atoms with Crippen LogP contribution in [0.2, 0.25) is 0 Å². The molecule has 1 fully saturated rings. The molecule has 1 spiro atoms. The molecule has 3 heterocycles. The number of aryl methyl sites for hydroxylation is 2. The zero-order chi connectivity index (χ0) is 24.4. The summed E-state index contributed by atoms with van der Waals surface area (Å²) in [6.45, 7) is 3.13. The van der Waals surface area contributed by atoms with E-state index >= 15 is 0 Å². The smallest absolute Gasteiger partial charge is 0.290 e. The summed E-state index contributed by atoms with van der Waals surface area (Å²) in [4.78, 5) is 28.4. The van der Waals surface area contributed by atoms with Gasteiger partial charge in [0.1, 0.15) is 23.8 Å². The van der Waals surface area contributed by atoms with E-state index in [1.165, 1.54) is 18.2 Å². The number of hydrogen-bond acceptors (Lipinski definition) is 5. The predicted octanol–water partition coefficient (Wildman–Crippen LogP) is 4.01. The van der Waals surface area contributed by atoms with Gasteiger partial charge in [-0.2, -0.15) is 0 Å². The van der Waals surface area contributed by atoms with E-state index in [1.54, 1.807) is 11.8 Å². The number of nitrogens with zero attached hydrogens (tertiary/aromatic N) is 1. The highest BCUT2D eigenvalue weighted by Gasteiger charge is 2.45. The van der Waals surface area contributed by atoms with Crippen molar-refractivity contribution < 1.29 is 27.9 Å². The van der Waals surface area contributed by atoms with Gasteiger partial charge in [0.05, 0.1) is 19.7 Å². The van der Waals surface area contributed by atoms with Gasteiger partial charge >= 0.3 is 0 Å². The lowest BCUT2D eigenvalue weighted by Crippen LogP contribution is -2.61. The van der Waals surface area contributed by atoms with Gasteiger partial charge in [-0.15, -0.1) is 0 Å². The molecule has 1 saturated heterocycles. The van der Waals surface area contributed by atoms with Crippen LogP contribution in [-0.2, 0) is 16.0 Å². The van der Waals surface area contributed by atoms with Gasteiger partial charge in [0.2, 0.25) is 0 Å². The maximum absolute atomic E-state index is 13.7. The lowest BCUT2D eigenvalue weighted by molar-refractivity contribution is -0.159. The molecule has 0 saturated carbocycles. The fraction of sp³-hybridized carbons (Fsp3) is 0.407. The van der Waals surface area contributed by atoms with Crippen molar-refractivity contribution in [2.45, 2.75) is 38.2 Å². The van der Waals surface area contributed by atoms with E-state index in [4.69, 9.17) is 13.9 Å². The number of halogens is 1. The third-order valence-electron chi connectivity index (χ3n) is 6.87. The second-order valence-corrected chi connectivity index (χ2v) is 9.19. The number of carbonyl (C=O) groups is 2. The molecule has 8 heteroatoms. The highest BCUT2D eigenvalue weighted by Crippen LogP contribution is 2.31. The number of benzene rings is 2. The van der Waals surface area contributed by atoms with Crippen LogP contribution in [0.25, 0.3) is 11.0 Å². The van der Waals surface area contributed by atoms with Crippen LogP contribution in [0.1, 0.15) is 40.9 Å². The van der Waals surface area contributed by atoms with E-state index in [-0.39, 0.29) is 36.5 Å². The SMILES string of the molecule is Cc1c(C(=O)N2CCOC3(CCCCc4ccccc4OCCNC3=O)C2)oc2ccc(F)cc12. The monoisotopic (exact) mass is 480 g/mol. The fourth-order valence-corrected chi connectivity index (χ4v) is 4.96. The van der Waals surface area contributed by atoms with E-state index in [0.717, 1.165) is 30.6 Å². The Morgan fingerprint density at radius 1 is 1.14 bits per heavy atom. The zero-order valence-corrected chi connectivity index (χ0v) is 19.8. The van der Waals surface area contributed by atoms with Crippen molar-refractivity contribution in [2.24, 2.45) is 0 Å². The summed E-state index contributed by atoms with van der Waals surface area (Å²) in [7, 11) is 0. The number of carbonyl (C=O) groups excluding carboxylic acids is 2. The van der Waals surface area contributed by atoms with Crippen LogP contribution in [-0.4, -0.2) is 55.2 Å². The highest BCUT2D eigenvalue weighted by molar-refractivity contribution is 5.99. The maximum Gasteiger partial charge on any atom is 0.290 e. The van der Waals surface area contributed by atoms with Crippen molar-refractivity contribution in [3.63, 3.8) is 0 Å². The van der Waals surface area contributed by atoms with Gasteiger partial charge in [-0.3, -0.25) is 9.59 Å². The Bertz CT molecular complexity index is 1260. The molecule has 184 valence electrons. The molecule has 35 heavy (non-hydrogen) atoms. The largest absolute Gasteiger partial charge is 0.491 e. The number of rotatable bonds is 1. The molecule has 2 aliphatic heterocycles. The molecule has 2 aliphatic rings. The Morgan fingerprint density at radius 3 is 2.89 bits per heavy atom. The molecule has 2 amide bonds. The average molecular weight is 481 g/mol. The van der Waals surface area contributed by atoms with Crippen LogP contribution in [0.3, 0.4) is 0 Å². The number of amides is 2. The molecule has 1 atom stereocenters. The van der Waals surface area contributed by atoms with Crippen LogP contribution >= 0.6 is 0 Å². The van der Waals surface area contributed by atoms with Gasteiger partial charge in [0.25, 0.3) is 11.8 Å². The van der Waals surface area contributed by atoms with Gasteiger partial charge in [0, 0.05) is 17.5 Å². The number of para-hydroxylation sites is 1. The second-order valence-electron chi connectivity index (χ2n) is 9.19. The maximum atomic E-state index is 13.7. The number of hydrogen-bond donors (Lipinski definition) is 1. The van der Waals surface area contributed by atoms with Gasteiger partial charge in [-0.05, 0) is 62.4 Å². The van der Waals surface area contributed by atoms with Crippen molar-refractivity contribution >= 4 is 22.8 Å². The summed E-state index contributed by atoms with van der Waals surface area (Å²) in [5.74, 6) is 0.0704. The summed E-state index contributed by atoms with van der Waals surface area (Å²) in [5, 5.41) is 3.51. The van der Waals surface area contributed by atoms with Gasteiger partial charge in [-0.25, -0.2) is 4.39 Å². The molecular formula is C27H29FN2O5. The van der Waals surface area contributed by atoms with Gasteiger partial charge in [-0.1, -0.05) is 18.2 Å². The highest BCUT2D eigenvalue weighted by atomic mass is 19.1. The molecule has 7 nitrogen and oxygen atoms in total. The van der Waals surface area contributed by atoms with Gasteiger partial charge < -0.3 is 24.1 Å². The first kappa shape index (κ1) is 23.4. The Labute approximate surface area is 203 Å². The van der Waals surface area contributed by atoms with Gasteiger partial charge in [0.15, 0.2) is 11.4 Å². The standard InChI is InChI=1S/C27H29FN2O5/c1-18-21-16-20(28)9-10-23(21)35-24(18)25(31)30-13-15-34-27(17-30)11-5-4-7-19-6-2-3-8-22(19)33-14-12-29-26(27)32/h2-3,6,8-10,16H,4-5,7,11-15,17H2,1H3,(H,29,32). The number of fused-ring (bicyclic) bond motifs is 2. The average Bonchev–Trinajstić information content (AvgIpc) is 3.19. The first-order valence-corrected chi connectivity index (χ1v) is 12.1. The van der Waals surface area contributed by atoms with E-state index in [0.29, 0.717) is 42.6 Å². The lowest BCUT2D eigenvalue weighted by Gasteiger charge is -2.41. The van der Waals surface area contributed by atoms with E-state index < -0.39 is 5.60 Å². The van der Waals surface area contributed by atoms with Crippen molar-refractivity contribution in [3.05, 3.63) is 65.2 Å². The molecule has 0 bridgehead atoms. The number of morpholine rings is 1. The van der Waals surface area contributed by atoms with Crippen LogP contribution < -0.4 is 10.1 Å². The summed E-state index contributed by atoms with van der Waals surface area (Å²) >= 11 is 0. The van der Waals surface area contributed by atoms with Crippen molar-refractivity contribution in [2.75, 3.05) is 32.8 Å². The molecule has 0 aliphatic carbocycles. The van der Waals surface area contributed by atoms with Crippen LogP contribution in [0.5, 0.6) is 5.75 Å². The summed E-state index contributed by atoms with van der Waals surface area (Å²) in [6.07, 6.45) is 2.95. The van der Waals surface area contributed by atoms with Crippen LogP contribution in [0.15, 0.2) is 46.9 Å². The van der Waals surface area contributed by atoms with E-state index in [1.807, 2.05) is 18.2 Å². The minimum atomic E-state index is -1.14. The normalized spacial score (nSPS) is 21.5. The molecular weight excluding hydrogens is 451 g/mol.